The van der Waals surface area contributed by atoms with Crippen molar-refractivity contribution in [2.24, 2.45) is 0 Å². The third kappa shape index (κ3) is 3.73. The van der Waals surface area contributed by atoms with Gasteiger partial charge in [-0.05, 0) is 42.8 Å². The zero-order chi connectivity index (χ0) is 15.1. The van der Waals surface area contributed by atoms with Crippen LogP contribution in [0.4, 0.5) is 0 Å². The number of nitrogens with one attached hydrogen (secondary N) is 1. The van der Waals surface area contributed by atoms with Crippen molar-refractivity contribution in [3.05, 3.63) is 53.9 Å². The second-order valence-electron chi connectivity index (χ2n) is 4.78. The first-order valence-electron chi connectivity index (χ1n) is 7.15. The van der Waals surface area contributed by atoms with Gasteiger partial charge in [-0.1, -0.05) is 6.92 Å². The Morgan fingerprint density at radius 2 is 1.86 bits per heavy atom. The Kier molecular flexibility index (Phi) is 5.58. The molecular weight excluding hydrogens is 264 g/mol. The Labute approximate surface area is 126 Å². The predicted molar refractivity (Wildman–Crippen MR) is 83.9 cm³/mol. The second-order valence-corrected chi connectivity index (χ2v) is 4.78. The summed E-state index contributed by atoms with van der Waals surface area (Å²) >= 11 is 0. The van der Waals surface area contributed by atoms with Gasteiger partial charge >= 0.3 is 0 Å². The van der Waals surface area contributed by atoms with Crippen LogP contribution in [0.15, 0.2) is 42.7 Å². The molecule has 1 unspecified atom stereocenters. The molecule has 0 aliphatic rings. The summed E-state index contributed by atoms with van der Waals surface area (Å²) in [6.45, 7) is 3.09. The van der Waals surface area contributed by atoms with Crippen LogP contribution < -0.4 is 14.8 Å². The van der Waals surface area contributed by atoms with Crippen LogP contribution >= 0.6 is 0 Å². The molecule has 2 rings (SSSR count). The van der Waals surface area contributed by atoms with Crippen LogP contribution in [0.3, 0.4) is 0 Å². The lowest BCUT2D eigenvalue weighted by Gasteiger charge is -2.22. The van der Waals surface area contributed by atoms with Gasteiger partial charge in [0.2, 0.25) is 0 Å². The van der Waals surface area contributed by atoms with Gasteiger partial charge in [0.1, 0.15) is 11.5 Å². The molecule has 0 amide bonds. The molecule has 0 saturated heterocycles. The van der Waals surface area contributed by atoms with Crippen LogP contribution in [0.1, 0.15) is 30.5 Å². The fourth-order valence-electron chi connectivity index (χ4n) is 2.31. The number of ether oxygens (including phenoxy) is 2. The Hall–Kier alpha value is -2.07. The summed E-state index contributed by atoms with van der Waals surface area (Å²) in [6, 6.07) is 10.0. The van der Waals surface area contributed by atoms with E-state index in [1.54, 1.807) is 14.2 Å². The molecule has 0 fully saturated rings. The van der Waals surface area contributed by atoms with Crippen molar-refractivity contribution < 1.29 is 9.47 Å². The highest BCUT2D eigenvalue weighted by Gasteiger charge is 2.18. The molecule has 1 aromatic heterocycles. The third-order valence-corrected chi connectivity index (χ3v) is 3.39. The van der Waals surface area contributed by atoms with Gasteiger partial charge in [-0.25, -0.2) is 0 Å². The number of hydrogen-bond donors (Lipinski definition) is 1. The van der Waals surface area contributed by atoms with Crippen molar-refractivity contribution in [2.45, 2.75) is 19.4 Å². The molecule has 0 radical (unpaired) electrons. The minimum absolute atomic E-state index is 0.0776. The van der Waals surface area contributed by atoms with E-state index in [1.165, 1.54) is 5.56 Å². The molecule has 0 spiro atoms. The highest BCUT2D eigenvalue weighted by atomic mass is 16.5. The molecule has 1 atom stereocenters. The van der Waals surface area contributed by atoms with E-state index in [4.69, 9.17) is 9.47 Å². The van der Waals surface area contributed by atoms with Gasteiger partial charge in [0.05, 0.1) is 20.3 Å². The number of rotatable bonds is 7. The molecule has 0 saturated carbocycles. The van der Waals surface area contributed by atoms with Gasteiger partial charge in [0, 0.05) is 24.0 Å². The minimum Gasteiger partial charge on any atom is -0.497 e. The van der Waals surface area contributed by atoms with E-state index >= 15 is 0 Å². The molecule has 1 heterocycles. The molecule has 4 heteroatoms. The molecule has 4 nitrogen and oxygen atoms in total. The van der Waals surface area contributed by atoms with Crippen molar-refractivity contribution in [3.63, 3.8) is 0 Å². The molecule has 112 valence electrons. The van der Waals surface area contributed by atoms with E-state index in [0.29, 0.717) is 0 Å². The first-order chi connectivity index (χ1) is 10.3. The van der Waals surface area contributed by atoms with Gasteiger partial charge in [-0.2, -0.15) is 0 Å². The Morgan fingerprint density at radius 3 is 2.48 bits per heavy atom. The summed E-state index contributed by atoms with van der Waals surface area (Å²) in [7, 11) is 3.34. The van der Waals surface area contributed by atoms with Crippen LogP contribution in [0.2, 0.25) is 0 Å². The van der Waals surface area contributed by atoms with E-state index < -0.39 is 0 Å². The fourth-order valence-corrected chi connectivity index (χ4v) is 2.31. The van der Waals surface area contributed by atoms with Gasteiger partial charge in [-0.15, -0.1) is 0 Å². The average Bonchev–Trinajstić information content (AvgIpc) is 2.56. The quantitative estimate of drug-likeness (QED) is 0.849. The van der Waals surface area contributed by atoms with Crippen LogP contribution in [0.5, 0.6) is 11.5 Å². The zero-order valence-corrected chi connectivity index (χ0v) is 12.8. The molecule has 21 heavy (non-hydrogen) atoms. The smallest absolute Gasteiger partial charge is 0.127 e. The van der Waals surface area contributed by atoms with Gasteiger partial charge in [0.15, 0.2) is 0 Å². The zero-order valence-electron chi connectivity index (χ0n) is 12.8. The van der Waals surface area contributed by atoms with Crippen molar-refractivity contribution in [1.29, 1.82) is 0 Å². The van der Waals surface area contributed by atoms with Crippen molar-refractivity contribution >= 4 is 0 Å². The standard InChI is InChI=1S/C17H22N2O2/c1-4-9-19-17(13-7-10-18-11-8-13)15-6-5-14(20-2)12-16(15)21-3/h5-8,10-12,17,19H,4,9H2,1-3H3. The molecule has 1 aromatic carbocycles. The molecule has 2 aromatic rings. The second kappa shape index (κ2) is 7.64. The van der Waals surface area contributed by atoms with E-state index in [2.05, 4.69) is 17.2 Å². The van der Waals surface area contributed by atoms with E-state index in [-0.39, 0.29) is 6.04 Å². The Balaban J connectivity index is 2.41. The van der Waals surface area contributed by atoms with Crippen LogP contribution in [-0.2, 0) is 0 Å². The summed E-state index contributed by atoms with van der Waals surface area (Å²) in [5.41, 5.74) is 2.26. The van der Waals surface area contributed by atoms with Gasteiger partial charge in [0.25, 0.3) is 0 Å². The summed E-state index contributed by atoms with van der Waals surface area (Å²) in [5, 5.41) is 3.57. The molecule has 0 aliphatic carbocycles. The van der Waals surface area contributed by atoms with Gasteiger partial charge < -0.3 is 14.8 Å². The first kappa shape index (κ1) is 15.3. The highest BCUT2D eigenvalue weighted by Crippen LogP contribution is 2.32. The fraction of sp³-hybridized carbons (Fsp3) is 0.353. The Morgan fingerprint density at radius 1 is 1.10 bits per heavy atom. The minimum atomic E-state index is 0.0776. The number of aromatic nitrogens is 1. The molecular formula is C17H22N2O2. The predicted octanol–water partition coefficient (Wildman–Crippen LogP) is 3.19. The molecule has 0 aliphatic heterocycles. The summed E-state index contributed by atoms with van der Waals surface area (Å²) in [4.78, 5) is 4.09. The maximum absolute atomic E-state index is 5.53. The maximum atomic E-state index is 5.53. The normalized spacial score (nSPS) is 12.0. The lowest BCUT2D eigenvalue weighted by molar-refractivity contribution is 0.387. The number of hydrogen-bond acceptors (Lipinski definition) is 4. The Bertz CT molecular complexity index is 558. The lowest BCUT2D eigenvalue weighted by atomic mass is 9.98. The summed E-state index contributed by atoms with van der Waals surface area (Å²) in [5.74, 6) is 1.61. The van der Waals surface area contributed by atoms with Gasteiger partial charge in [-0.3, -0.25) is 4.98 Å². The molecule has 1 N–H and O–H groups in total. The van der Waals surface area contributed by atoms with Crippen LogP contribution in [0, 0.1) is 0 Å². The van der Waals surface area contributed by atoms with Crippen LogP contribution in [-0.4, -0.2) is 25.7 Å². The van der Waals surface area contributed by atoms with Crippen LogP contribution in [0.25, 0.3) is 0 Å². The lowest BCUT2D eigenvalue weighted by Crippen LogP contribution is -2.23. The summed E-state index contributed by atoms with van der Waals surface area (Å²) in [6.07, 6.45) is 4.69. The highest BCUT2D eigenvalue weighted by molar-refractivity contribution is 5.45. The topological polar surface area (TPSA) is 43.4 Å². The summed E-state index contributed by atoms with van der Waals surface area (Å²) < 4.78 is 10.8. The van der Waals surface area contributed by atoms with Crippen molar-refractivity contribution in [1.82, 2.24) is 10.3 Å². The maximum Gasteiger partial charge on any atom is 0.127 e. The largest absolute Gasteiger partial charge is 0.497 e. The molecule has 0 bridgehead atoms. The average molecular weight is 286 g/mol. The van der Waals surface area contributed by atoms with Crippen molar-refractivity contribution in [3.8, 4) is 11.5 Å². The number of methoxy groups -OCH3 is 2. The third-order valence-electron chi connectivity index (χ3n) is 3.39. The number of nitrogens with zero attached hydrogens (tertiary/aromatic N) is 1. The van der Waals surface area contributed by atoms with E-state index in [9.17, 15) is 0 Å². The number of benzene rings is 1. The number of pyridine rings is 1. The SMILES string of the molecule is CCCNC(c1ccncc1)c1ccc(OC)cc1OC. The van der Waals surface area contributed by atoms with E-state index in [0.717, 1.165) is 30.0 Å². The van der Waals surface area contributed by atoms with Crippen molar-refractivity contribution in [2.75, 3.05) is 20.8 Å². The monoisotopic (exact) mass is 286 g/mol. The van der Waals surface area contributed by atoms with E-state index in [1.807, 2.05) is 42.7 Å². The first-order valence-corrected chi connectivity index (χ1v) is 7.15.